The summed E-state index contributed by atoms with van der Waals surface area (Å²) in [5.74, 6) is 0.985. The Hall–Kier alpha value is -0.610. The summed E-state index contributed by atoms with van der Waals surface area (Å²) in [7, 11) is 0. The summed E-state index contributed by atoms with van der Waals surface area (Å²) in [6.45, 7) is 9.97. The second-order valence-electron chi connectivity index (χ2n) is 6.37. The summed E-state index contributed by atoms with van der Waals surface area (Å²) in [6.07, 6.45) is 3.58. The van der Waals surface area contributed by atoms with E-state index in [1.54, 1.807) is 0 Å². The minimum Gasteiger partial charge on any atom is -0.378 e. The van der Waals surface area contributed by atoms with Gasteiger partial charge in [-0.15, -0.1) is 0 Å². The highest BCUT2D eigenvalue weighted by molar-refractivity contribution is 5.79. The number of carbonyl (C=O) groups excluding carboxylic acids is 1. The Morgan fingerprint density at radius 2 is 2.26 bits per heavy atom. The number of hydrogen-bond acceptors (Lipinski definition) is 3. The van der Waals surface area contributed by atoms with Crippen LogP contribution in [0.1, 0.15) is 40.0 Å². The minimum atomic E-state index is 0.0777. The molecule has 3 atom stereocenters. The van der Waals surface area contributed by atoms with E-state index in [9.17, 15) is 4.79 Å². The van der Waals surface area contributed by atoms with Gasteiger partial charge >= 0.3 is 0 Å². The van der Waals surface area contributed by atoms with E-state index < -0.39 is 0 Å². The maximum atomic E-state index is 12.6. The van der Waals surface area contributed by atoms with Crippen molar-refractivity contribution in [3.63, 3.8) is 0 Å². The van der Waals surface area contributed by atoms with Gasteiger partial charge in [-0.3, -0.25) is 4.79 Å². The highest BCUT2D eigenvalue weighted by atomic mass is 16.5. The van der Waals surface area contributed by atoms with E-state index in [1.165, 1.54) is 12.8 Å². The summed E-state index contributed by atoms with van der Waals surface area (Å²) in [5.41, 5.74) is 0. The molecule has 1 N–H and O–H groups in total. The van der Waals surface area contributed by atoms with Gasteiger partial charge in [0.1, 0.15) is 0 Å². The fraction of sp³-hybridized carbons (Fsp3) is 0.933. The molecule has 2 saturated heterocycles. The number of ether oxygens (including phenoxy) is 1. The molecule has 0 aromatic carbocycles. The van der Waals surface area contributed by atoms with E-state index in [2.05, 4.69) is 31.0 Å². The summed E-state index contributed by atoms with van der Waals surface area (Å²) in [6, 6.07) is 0.283. The molecule has 1 amide bonds. The van der Waals surface area contributed by atoms with Crippen molar-refractivity contribution in [1.82, 2.24) is 10.2 Å². The zero-order valence-electron chi connectivity index (χ0n) is 12.5. The predicted octanol–water partition coefficient (Wildman–Crippen LogP) is 1.65. The van der Waals surface area contributed by atoms with Crippen LogP contribution in [0, 0.1) is 11.8 Å². The van der Waals surface area contributed by atoms with Crippen LogP contribution in [0.4, 0.5) is 0 Å². The predicted molar refractivity (Wildman–Crippen MR) is 76.0 cm³/mol. The highest BCUT2D eigenvalue weighted by Crippen LogP contribution is 2.23. The first-order valence-corrected chi connectivity index (χ1v) is 7.70. The van der Waals surface area contributed by atoms with Crippen molar-refractivity contribution >= 4 is 5.91 Å². The molecule has 19 heavy (non-hydrogen) atoms. The van der Waals surface area contributed by atoms with E-state index in [4.69, 9.17) is 4.74 Å². The van der Waals surface area contributed by atoms with E-state index >= 15 is 0 Å². The summed E-state index contributed by atoms with van der Waals surface area (Å²) < 4.78 is 5.55. The van der Waals surface area contributed by atoms with Crippen molar-refractivity contribution in [2.24, 2.45) is 11.8 Å². The molecule has 4 nitrogen and oxygen atoms in total. The number of nitrogens with one attached hydrogen (secondary N) is 1. The summed E-state index contributed by atoms with van der Waals surface area (Å²) in [5, 5.41) is 3.43. The summed E-state index contributed by atoms with van der Waals surface area (Å²) >= 11 is 0. The first-order chi connectivity index (χ1) is 9.08. The lowest BCUT2D eigenvalue weighted by molar-refractivity contribution is -0.138. The van der Waals surface area contributed by atoms with Crippen LogP contribution < -0.4 is 5.32 Å². The SMILES string of the molecule is CC1CC(C(=O)N(CC2CCCNC2)C(C)C)CO1. The molecule has 0 aromatic heterocycles. The number of nitrogens with zero attached hydrogens (tertiary/aromatic N) is 1. The minimum absolute atomic E-state index is 0.0777. The Balaban J connectivity index is 1.92. The van der Waals surface area contributed by atoms with Gasteiger partial charge < -0.3 is 15.0 Å². The first-order valence-electron chi connectivity index (χ1n) is 7.70. The zero-order chi connectivity index (χ0) is 13.8. The van der Waals surface area contributed by atoms with Crippen molar-refractivity contribution < 1.29 is 9.53 Å². The third-order valence-electron chi connectivity index (χ3n) is 4.31. The van der Waals surface area contributed by atoms with Crippen LogP contribution in [0.3, 0.4) is 0 Å². The zero-order valence-corrected chi connectivity index (χ0v) is 12.5. The smallest absolute Gasteiger partial charge is 0.228 e. The van der Waals surface area contributed by atoms with Gasteiger partial charge in [0.2, 0.25) is 5.91 Å². The standard InChI is InChI=1S/C15H28N2O2/c1-11(2)17(9-13-5-4-6-16-8-13)15(18)14-7-12(3)19-10-14/h11-14,16H,4-10H2,1-3H3. The van der Waals surface area contributed by atoms with Crippen LogP contribution in [-0.2, 0) is 9.53 Å². The second-order valence-corrected chi connectivity index (χ2v) is 6.37. The van der Waals surface area contributed by atoms with E-state index in [0.29, 0.717) is 18.4 Å². The number of carbonyl (C=O) groups is 1. The molecule has 0 spiro atoms. The fourth-order valence-electron chi connectivity index (χ4n) is 3.14. The molecule has 2 heterocycles. The molecule has 0 saturated carbocycles. The first kappa shape index (κ1) is 14.8. The molecule has 110 valence electrons. The maximum Gasteiger partial charge on any atom is 0.228 e. The van der Waals surface area contributed by atoms with Crippen molar-refractivity contribution in [1.29, 1.82) is 0 Å². The van der Waals surface area contributed by atoms with E-state index in [0.717, 1.165) is 26.1 Å². The van der Waals surface area contributed by atoms with Gasteiger partial charge in [-0.2, -0.15) is 0 Å². The Kier molecular flexibility index (Phi) is 5.22. The molecule has 3 unspecified atom stereocenters. The average molecular weight is 268 g/mol. The number of amides is 1. The van der Waals surface area contributed by atoms with Gasteiger partial charge in [-0.1, -0.05) is 0 Å². The van der Waals surface area contributed by atoms with Gasteiger partial charge in [-0.25, -0.2) is 0 Å². The van der Waals surface area contributed by atoms with Gasteiger partial charge in [0.15, 0.2) is 0 Å². The Labute approximate surface area is 116 Å². The molecular weight excluding hydrogens is 240 g/mol. The van der Waals surface area contributed by atoms with Crippen LogP contribution in [0.25, 0.3) is 0 Å². The lowest BCUT2D eigenvalue weighted by atomic mass is 9.97. The van der Waals surface area contributed by atoms with Gasteiger partial charge in [0.25, 0.3) is 0 Å². The quantitative estimate of drug-likeness (QED) is 0.843. The third kappa shape index (κ3) is 3.93. The highest BCUT2D eigenvalue weighted by Gasteiger charge is 2.33. The van der Waals surface area contributed by atoms with Gasteiger partial charge in [0.05, 0.1) is 18.6 Å². The molecular formula is C15H28N2O2. The van der Waals surface area contributed by atoms with Crippen molar-refractivity contribution in [2.75, 3.05) is 26.2 Å². The lowest BCUT2D eigenvalue weighted by Crippen LogP contribution is -2.46. The van der Waals surface area contributed by atoms with Crippen molar-refractivity contribution in [3.8, 4) is 0 Å². The number of piperidine rings is 1. The topological polar surface area (TPSA) is 41.6 Å². The Bertz CT molecular complexity index is 301. The Morgan fingerprint density at radius 3 is 2.79 bits per heavy atom. The van der Waals surface area contributed by atoms with Gasteiger partial charge in [-0.05, 0) is 59.0 Å². The molecule has 0 aromatic rings. The third-order valence-corrected chi connectivity index (χ3v) is 4.31. The van der Waals surface area contributed by atoms with Crippen LogP contribution in [0.5, 0.6) is 0 Å². The van der Waals surface area contributed by atoms with Crippen molar-refractivity contribution in [2.45, 2.75) is 52.2 Å². The van der Waals surface area contributed by atoms with Crippen LogP contribution in [0.2, 0.25) is 0 Å². The molecule has 2 fully saturated rings. The number of rotatable bonds is 4. The summed E-state index contributed by atoms with van der Waals surface area (Å²) in [4.78, 5) is 14.7. The molecule has 2 rings (SSSR count). The molecule has 0 aliphatic carbocycles. The van der Waals surface area contributed by atoms with E-state index in [1.807, 2.05) is 0 Å². The van der Waals surface area contributed by atoms with Crippen LogP contribution in [-0.4, -0.2) is 49.2 Å². The fourth-order valence-corrected chi connectivity index (χ4v) is 3.14. The molecule has 0 bridgehead atoms. The normalized spacial score (nSPS) is 31.7. The lowest BCUT2D eigenvalue weighted by Gasteiger charge is -2.34. The van der Waals surface area contributed by atoms with Gasteiger partial charge in [0, 0.05) is 12.6 Å². The molecule has 2 aliphatic heterocycles. The largest absolute Gasteiger partial charge is 0.378 e. The van der Waals surface area contributed by atoms with Crippen LogP contribution >= 0.6 is 0 Å². The van der Waals surface area contributed by atoms with Crippen LogP contribution in [0.15, 0.2) is 0 Å². The number of hydrogen-bond donors (Lipinski definition) is 1. The second kappa shape index (κ2) is 6.71. The van der Waals surface area contributed by atoms with Crippen molar-refractivity contribution in [3.05, 3.63) is 0 Å². The molecule has 0 radical (unpaired) electrons. The Morgan fingerprint density at radius 1 is 1.47 bits per heavy atom. The monoisotopic (exact) mass is 268 g/mol. The molecule has 2 aliphatic rings. The van der Waals surface area contributed by atoms with E-state index in [-0.39, 0.29) is 18.1 Å². The maximum absolute atomic E-state index is 12.6. The average Bonchev–Trinajstić information content (AvgIpc) is 2.83. The molecule has 4 heteroatoms.